The molecule has 0 aliphatic rings. The van der Waals surface area contributed by atoms with Gasteiger partial charge in [0.25, 0.3) is 11.8 Å². The number of rotatable bonds is 2. The number of hydrogen-bond acceptors (Lipinski definition) is 5. The molecule has 0 spiro atoms. The van der Waals surface area contributed by atoms with E-state index in [0.29, 0.717) is 0 Å². The van der Waals surface area contributed by atoms with Crippen LogP contribution in [-0.4, -0.2) is 21.8 Å². The van der Waals surface area contributed by atoms with Gasteiger partial charge in [-0.05, 0) is 0 Å². The second-order valence-corrected chi connectivity index (χ2v) is 2.02. The molecule has 1 rings (SSSR count). The SMILES string of the molecule is CC(=O)c1nnc(C(C)=O)o1. The summed E-state index contributed by atoms with van der Waals surface area (Å²) in [6.45, 7) is 2.58. The van der Waals surface area contributed by atoms with Crippen molar-refractivity contribution in [3.8, 4) is 0 Å². The van der Waals surface area contributed by atoms with Crippen LogP contribution < -0.4 is 0 Å². The number of nitrogens with zero attached hydrogens (tertiary/aromatic N) is 2. The molecule has 58 valence electrons. The molecule has 0 aliphatic heterocycles. The predicted octanol–water partition coefficient (Wildman–Crippen LogP) is 0.475. The molecule has 1 heterocycles. The molecule has 0 aromatic carbocycles. The number of aromatic nitrogens is 2. The lowest BCUT2D eigenvalue weighted by molar-refractivity contribution is 0.0959. The van der Waals surface area contributed by atoms with Crippen molar-refractivity contribution in [2.45, 2.75) is 13.8 Å². The fourth-order valence-corrected chi connectivity index (χ4v) is 0.508. The zero-order valence-corrected chi connectivity index (χ0v) is 6.12. The Bertz CT molecular complexity index is 274. The Morgan fingerprint density at radius 2 is 1.45 bits per heavy atom. The second-order valence-electron chi connectivity index (χ2n) is 2.02. The molecule has 0 atom stereocenters. The Morgan fingerprint density at radius 1 is 1.09 bits per heavy atom. The van der Waals surface area contributed by atoms with Gasteiger partial charge >= 0.3 is 0 Å². The van der Waals surface area contributed by atoms with Crippen molar-refractivity contribution < 1.29 is 14.0 Å². The maximum Gasteiger partial charge on any atom is 0.284 e. The van der Waals surface area contributed by atoms with E-state index in [1.54, 1.807) is 0 Å². The van der Waals surface area contributed by atoms with Crippen molar-refractivity contribution in [2.75, 3.05) is 0 Å². The van der Waals surface area contributed by atoms with Crippen molar-refractivity contribution >= 4 is 11.6 Å². The van der Waals surface area contributed by atoms with Crippen LogP contribution in [-0.2, 0) is 0 Å². The van der Waals surface area contributed by atoms with Crippen LogP contribution in [0.2, 0.25) is 0 Å². The third-order valence-corrected chi connectivity index (χ3v) is 1.03. The largest absolute Gasteiger partial charge is 0.411 e. The molecule has 0 bridgehead atoms. The Hall–Kier alpha value is -1.52. The molecular formula is C6H6N2O3. The summed E-state index contributed by atoms with van der Waals surface area (Å²) in [5.74, 6) is -0.944. The molecule has 0 N–H and O–H groups in total. The summed E-state index contributed by atoms with van der Waals surface area (Å²) < 4.78 is 4.69. The topological polar surface area (TPSA) is 73.1 Å². The Kier molecular flexibility index (Phi) is 1.80. The van der Waals surface area contributed by atoms with Crippen molar-refractivity contribution in [2.24, 2.45) is 0 Å². The van der Waals surface area contributed by atoms with Gasteiger partial charge in [-0.1, -0.05) is 0 Å². The molecule has 5 nitrogen and oxygen atoms in total. The summed E-state index contributed by atoms with van der Waals surface area (Å²) in [5, 5.41) is 6.70. The van der Waals surface area contributed by atoms with Gasteiger partial charge in [0.05, 0.1) is 0 Å². The number of Topliss-reactive ketones (excluding diaryl/α,β-unsaturated/α-hetero) is 2. The molecule has 1 aromatic heterocycles. The Balaban J connectivity index is 2.99. The highest BCUT2D eigenvalue weighted by Crippen LogP contribution is 2.00. The summed E-state index contributed by atoms with van der Waals surface area (Å²) >= 11 is 0. The summed E-state index contributed by atoms with van der Waals surface area (Å²) in [6, 6.07) is 0. The van der Waals surface area contributed by atoms with Gasteiger partial charge < -0.3 is 4.42 Å². The van der Waals surface area contributed by atoms with Gasteiger partial charge in [0.2, 0.25) is 11.6 Å². The highest BCUT2D eigenvalue weighted by molar-refractivity contribution is 5.92. The first-order valence-electron chi connectivity index (χ1n) is 2.96. The van der Waals surface area contributed by atoms with E-state index in [4.69, 9.17) is 0 Å². The monoisotopic (exact) mass is 154 g/mol. The number of ketones is 2. The fraction of sp³-hybridized carbons (Fsp3) is 0.333. The molecule has 0 saturated heterocycles. The molecule has 0 unspecified atom stereocenters. The fourth-order valence-electron chi connectivity index (χ4n) is 0.508. The van der Waals surface area contributed by atoms with E-state index in [1.165, 1.54) is 13.8 Å². The quantitative estimate of drug-likeness (QED) is 0.579. The minimum absolute atomic E-state index is 0.129. The van der Waals surface area contributed by atoms with Crippen LogP contribution in [0.15, 0.2) is 4.42 Å². The first kappa shape index (κ1) is 7.59. The van der Waals surface area contributed by atoms with Crippen LogP contribution in [0.5, 0.6) is 0 Å². The number of hydrogen-bond donors (Lipinski definition) is 0. The van der Waals surface area contributed by atoms with Crippen LogP contribution in [0.3, 0.4) is 0 Å². The van der Waals surface area contributed by atoms with E-state index < -0.39 is 0 Å². The summed E-state index contributed by atoms with van der Waals surface area (Å²) in [6.07, 6.45) is 0. The zero-order valence-electron chi connectivity index (χ0n) is 6.12. The third kappa shape index (κ3) is 1.49. The van der Waals surface area contributed by atoms with E-state index in [0.717, 1.165) is 0 Å². The lowest BCUT2D eigenvalue weighted by Crippen LogP contribution is -1.91. The lowest BCUT2D eigenvalue weighted by Gasteiger charge is -1.81. The summed E-state index contributed by atoms with van der Waals surface area (Å²) in [4.78, 5) is 21.1. The first-order valence-corrected chi connectivity index (χ1v) is 2.96. The summed E-state index contributed by atoms with van der Waals surface area (Å²) in [7, 11) is 0. The van der Waals surface area contributed by atoms with Crippen molar-refractivity contribution in [1.29, 1.82) is 0 Å². The minimum atomic E-state index is -0.343. The van der Waals surface area contributed by atoms with Gasteiger partial charge in [-0.2, -0.15) is 0 Å². The smallest absolute Gasteiger partial charge is 0.284 e. The molecule has 0 amide bonds. The van der Waals surface area contributed by atoms with Crippen LogP contribution in [0.1, 0.15) is 35.2 Å². The maximum absolute atomic E-state index is 10.6. The van der Waals surface area contributed by atoms with Gasteiger partial charge in [-0.25, -0.2) is 0 Å². The van der Waals surface area contributed by atoms with Crippen molar-refractivity contribution in [1.82, 2.24) is 10.2 Å². The van der Waals surface area contributed by atoms with Gasteiger partial charge in [-0.3, -0.25) is 9.59 Å². The molecule has 0 aliphatic carbocycles. The maximum atomic E-state index is 10.6. The average Bonchev–Trinajstić information content (AvgIpc) is 2.33. The second kappa shape index (κ2) is 2.61. The standard InChI is InChI=1S/C6H6N2O3/c1-3(9)5-7-8-6(11-5)4(2)10/h1-2H3. The van der Waals surface area contributed by atoms with E-state index in [2.05, 4.69) is 14.6 Å². The number of carbonyl (C=O) groups excluding carboxylic acids is 2. The molecule has 11 heavy (non-hydrogen) atoms. The first-order chi connectivity index (χ1) is 5.11. The molecule has 0 radical (unpaired) electrons. The Morgan fingerprint density at radius 3 is 1.64 bits per heavy atom. The number of carbonyl (C=O) groups is 2. The van der Waals surface area contributed by atoms with Crippen LogP contribution in [0.25, 0.3) is 0 Å². The van der Waals surface area contributed by atoms with Gasteiger partial charge in [-0.15, -0.1) is 10.2 Å². The van der Waals surface area contributed by atoms with Crippen LogP contribution in [0, 0.1) is 0 Å². The van der Waals surface area contributed by atoms with Gasteiger partial charge in [0, 0.05) is 13.8 Å². The lowest BCUT2D eigenvalue weighted by atomic mass is 10.4. The Labute approximate surface area is 62.4 Å². The van der Waals surface area contributed by atoms with Crippen molar-refractivity contribution in [3.63, 3.8) is 0 Å². The highest BCUT2D eigenvalue weighted by Gasteiger charge is 2.12. The van der Waals surface area contributed by atoms with E-state index >= 15 is 0 Å². The summed E-state index contributed by atoms with van der Waals surface area (Å²) in [5.41, 5.74) is 0. The molecule has 0 fully saturated rings. The minimum Gasteiger partial charge on any atom is -0.411 e. The van der Waals surface area contributed by atoms with Gasteiger partial charge in [0.15, 0.2) is 0 Å². The van der Waals surface area contributed by atoms with Gasteiger partial charge in [0.1, 0.15) is 0 Å². The van der Waals surface area contributed by atoms with Crippen LogP contribution >= 0.6 is 0 Å². The predicted molar refractivity (Wildman–Crippen MR) is 34.3 cm³/mol. The van der Waals surface area contributed by atoms with Crippen molar-refractivity contribution in [3.05, 3.63) is 11.8 Å². The molecule has 5 heteroatoms. The van der Waals surface area contributed by atoms with E-state index in [-0.39, 0.29) is 23.3 Å². The third-order valence-electron chi connectivity index (χ3n) is 1.03. The zero-order chi connectivity index (χ0) is 8.43. The van der Waals surface area contributed by atoms with E-state index in [9.17, 15) is 9.59 Å². The van der Waals surface area contributed by atoms with Crippen LogP contribution in [0.4, 0.5) is 0 Å². The molecule has 0 saturated carbocycles. The normalized spacial score (nSPS) is 9.64. The highest BCUT2D eigenvalue weighted by atomic mass is 16.4. The molecule has 1 aromatic rings. The molecular weight excluding hydrogens is 148 g/mol. The van der Waals surface area contributed by atoms with E-state index in [1.807, 2.05) is 0 Å². The average molecular weight is 154 g/mol.